The van der Waals surface area contributed by atoms with Crippen molar-refractivity contribution in [3.63, 3.8) is 0 Å². The second-order valence-corrected chi connectivity index (χ2v) is 8.62. The first kappa shape index (κ1) is 17.4. The molecule has 3 aromatic rings. The monoisotopic (exact) mass is 378 g/mol. The van der Waals surface area contributed by atoms with Crippen molar-refractivity contribution in [2.45, 2.75) is 0 Å². The first-order valence-corrected chi connectivity index (χ1v) is 9.95. The van der Waals surface area contributed by atoms with Crippen LogP contribution in [0.5, 0.6) is 0 Å². The maximum atomic E-state index is 12.9. The van der Waals surface area contributed by atoms with E-state index in [1.165, 1.54) is 47.0 Å². The second kappa shape index (κ2) is 6.45. The molecule has 1 heterocycles. The molecular weight excluding hydrogens is 363 g/mol. The molecule has 0 saturated carbocycles. The molecule has 0 aliphatic carbocycles. The van der Waals surface area contributed by atoms with Crippen LogP contribution in [0.25, 0.3) is 10.1 Å². The van der Waals surface area contributed by atoms with Gasteiger partial charge in [-0.3, -0.25) is 9.10 Å². The van der Waals surface area contributed by atoms with Crippen LogP contribution in [0, 0.1) is 5.82 Å². The number of hydrogen-bond acceptors (Lipinski definition) is 4. The Morgan fingerprint density at radius 1 is 1.12 bits per heavy atom. The SMILES string of the molecule is CN(c1ccc2sc(C(=O)Nc3ccc(F)cc3)cc2c1)S(C)(=O)=O. The summed E-state index contributed by atoms with van der Waals surface area (Å²) in [4.78, 5) is 12.8. The third kappa shape index (κ3) is 3.80. The number of amides is 1. The fraction of sp³-hybridized carbons (Fsp3) is 0.118. The van der Waals surface area contributed by atoms with Gasteiger partial charge < -0.3 is 5.32 Å². The minimum absolute atomic E-state index is 0.300. The third-order valence-electron chi connectivity index (χ3n) is 3.69. The molecule has 0 atom stereocenters. The van der Waals surface area contributed by atoms with Crippen LogP contribution in [0.3, 0.4) is 0 Å². The zero-order valence-electron chi connectivity index (χ0n) is 13.5. The maximum Gasteiger partial charge on any atom is 0.265 e. The lowest BCUT2D eigenvalue weighted by molar-refractivity contribution is 0.103. The minimum atomic E-state index is -3.35. The Morgan fingerprint density at radius 2 is 1.80 bits per heavy atom. The summed E-state index contributed by atoms with van der Waals surface area (Å²) in [6.45, 7) is 0. The summed E-state index contributed by atoms with van der Waals surface area (Å²) in [5.41, 5.74) is 1.03. The third-order valence-corrected chi connectivity index (χ3v) is 6.01. The molecule has 2 aromatic carbocycles. The van der Waals surface area contributed by atoms with Gasteiger partial charge in [-0.2, -0.15) is 0 Å². The van der Waals surface area contributed by atoms with Gasteiger partial charge in [0.15, 0.2) is 0 Å². The number of carbonyl (C=O) groups is 1. The molecule has 1 N–H and O–H groups in total. The highest BCUT2D eigenvalue weighted by Crippen LogP contribution is 2.30. The van der Waals surface area contributed by atoms with Crippen LogP contribution in [0.1, 0.15) is 9.67 Å². The molecule has 5 nitrogen and oxygen atoms in total. The quantitative estimate of drug-likeness (QED) is 0.753. The van der Waals surface area contributed by atoms with Gasteiger partial charge in [-0.15, -0.1) is 11.3 Å². The zero-order valence-corrected chi connectivity index (χ0v) is 15.1. The van der Waals surface area contributed by atoms with E-state index in [9.17, 15) is 17.6 Å². The Bertz CT molecular complexity index is 1040. The second-order valence-electron chi connectivity index (χ2n) is 5.52. The minimum Gasteiger partial charge on any atom is -0.321 e. The molecule has 0 unspecified atom stereocenters. The number of hydrogen-bond donors (Lipinski definition) is 1. The Labute approximate surface area is 148 Å². The zero-order chi connectivity index (χ0) is 18.2. The predicted octanol–water partition coefficient (Wildman–Crippen LogP) is 3.69. The first-order chi connectivity index (χ1) is 11.7. The number of thiophene rings is 1. The number of benzene rings is 2. The molecule has 3 rings (SSSR count). The molecule has 0 bridgehead atoms. The topological polar surface area (TPSA) is 66.5 Å². The standard InChI is InChI=1S/C17H15FN2O3S2/c1-20(25(2,22)23)14-7-8-15-11(9-14)10-16(24-15)17(21)19-13-5-3-12(18)4-6-13/h3-10H,1-2H3,(H,19,21). The predicted molar refractivity (Wildman–Crippen MR) is 99.4 cm³/mol. The van der Waals surface area contributed by atoms with Gasteiger partial charge in [0, 0.05) is 17.4 Å². The van der Waals surface area contributed by atoms with E-state index < -0.39 is 10.0 Å². The van der Waals surface area contributed by atoms with E-state index in [0.717, 1.165) is 16.3 Å². The maximum absolute atomic E-state index is 12.9. The average molecular weight is 378 g/mol. The van der Waals surface area contributed by atoms with Crippen molar-refractivity contribution in [2.75, 3.05) is 22.9 Å². The molecule has 1 aromatic heterocycles. The molecule has 0 fully saturated rings. The highest BCUT2D eigenvalue weighted by Gasteiger charge is 2.15. The Morgan fingerprint density at radius 3 is 2.44 bits per heavy atom. The van der Waals surface area contributed by atoms with E-state index >= 15 is 0 Å². The molecule has 1 amide bonds. The van der Waals surface area contributed by atoms with Crippen molar-refractivity contribution >= 4 is 48.7 Å². The molecule has 25 heavy (non-hydrogen) atoms. The van der Waals surface area contributed by atoms with Crippen molar-refractivity contribution in [2.24, 2.45) is 0 Å². The van der Waals surface area contributed by atoms with Gasteiger partial charge in [-0.05, 0) is 53.9 Å². The largest absolute Gasteiger partial charge is 0.321 e. The fourth-order valence-electron chi connectivity index (χ4n) is 2.26. The van der Waals surface area contributed by atoms with E-state index in [2.05, 4.69) is 5.32 Å². The summed E-state index contributed by atoms with van der Waals surface area (Å²) >= 11 is 1.30. The number of fused-ring (bicyclic) bond motifs is 1. The molecular formula is C17H15FN2O3S2. The lowest BCUT2D eigenvalue weighted by atomic mass is 10.2. The lowest BCUT2D eigenvalue weighted by Crippen LogP contribution is -2.24. The Balaban J connectivity index is 1.88. The Kier molecular flexibility index (Phi) is 4.49. The summed E-state index contributed by atoms with van der Waals surface area (Å²) in [5, 5.41) is 3.49. The van der Waals surface area contributed by atoms with Gasteiger partial charge in [0.1, 0.15) is 5.82 Å². The van der Waals surface area contributed by atoms with Crippen LogP contribution < -0.4 is 9.62 Å². The van der Waals surface area contributed by atoms with Gasteiger partial charge >= 0.3 is 0 Å². The van der Waals surface area contributed by atoms with E-state index in [0.29, 0.717) is 16.3 Å². The normalized spacial score (nSPS) is 11.5. The summed E-state index contributed by atoms with van der Waals surface area (Å²) in [6, 6.07) is 12.4. The summed E-state index contributed by atoms with van der Waals surface area (Å²) < 4.78 is 38.3. The van der Waals surface area contributed by atoms with Crippen LogP contribution in [-0.2, 0) is 10.0 Å². The Hall–Kier alpha value is -2.45. The van der Waals surface area contributed by atoms with Crippen molar-refractivity contribution in [3.8, 4) is 0 Å². The number of nitrogens with one attached hydrogen (secondary N) is 1. The van der Waals surface area contributed by atoms with Crippen molar-refractivity contribution in [1.29, 1.82) is 0 Å². The van der Waals surface area contributed by atoms with Gasteiger partial charge in [0.25, 0.3) is 5.91 Å². The highest BCUT2D eigenvalue weighted by molar-refractivity contribution is 7.92. The lowest BCUT2D eigenvalue weighted by Gasteiger charge is -2.16. The van der Waals surface area contributed by atoms with Gasteiger partial charge in [-0.1, -0.05) is 0 Å². The number of halogens is 1. The van der Waals surface area contributed by atoms with Gasteiger partial charge in [0.05, 0.1) is 16.8 Å². The van der Waals surface area contributed by atoms with Crippen LogP contribution >= 0.6 is 11.3 Å². The van der Waals surface area contributed by atoms with Crippen LogP contribution in [0.2, 0.25) is 0 Å². The molecule has 130 valence electrons. The van der Waals surface area contributed by atoms with Gasteiger partial charge in [-0.25, -0.2) is 12.8 Å². The molecule has 0 saturated heterocycles. The van der Waals surface area contributed by atoms with Crippen molar-refractivity contribution in [1.82, 2.24) is 0 Å². The summed E-state index contributed by atoms with van der Waals surface area (Å²) in [5.74, 6) is -0.673. The van der Waals surface area contributed by atoms with E-state index in [1.54, 1.807) is 24.3 Å². The molecule has 8 heteroatoms. The summed E-state index contributed by atoms with van der Waals surface area (Å²) in [7, 11) is -1.87. The smallest absolute Gasteiger partial charge is 0.265 e. The highest BCUT2D eigenvalue weighted by atomic mass is 32.2. The van der Waals surface area contributed by atoms with E-state index in [-0.39, 0.29) is 11.7 Å². The fourth-order valence-corrected chi connectivity index (χ4v) is 3.69. The first-order valence-electron chi connectivity index (χ1n) is 7.28. The average Bonchev–Trinajstić information content (AvgIpc) is 2.98. The number of nitrogens with zero attached hydrogens (tertiary/aromatic N) is 1. The number of rotatable bonds is 4. The van der Waals surface area contributed by atoms with E-state index in [1.807, 2.05) is 0 Å². The van der Waals surface area contributed by atoms with E-state index in [4.69, 9.17) is 0 Å². The van der Waals surface area contributed by atoms with Crippen LogP contribution in [-0.4, -0.2) is 27.6 Å². The summed E-state index contributed by atoms with van der Waals surface area (Å²) in [6.07, 6.45) is 1.13. The van der Waals surface area contributed by atoms with Crippen molar-refractivity contribution < 1.29 is 17.6 Å². The molecule has 0 radical (unpaired) electrons. The number of anilines is 2. The molecule has 0 spiro atoms. The van der Waals surface area contributed by atoms with Crippen LogP contribution in [0.15, 0.2) is 48.5 Å². The van der Waals surface area contributed by atoms with Crippen LogP contribution in [0.4, 0.5) is 15.8 Å². The number of sulfonamides is 1. The van der Waals surface area contributed by atoms with Gasteiger partial charge in [0.2, 0.25) is 10.0 Å². The number of carbonyl (C=O) groups excluding carboxylic acids is 1. The molecule has 0 aliphatic rings. The van der Waals surface area contributed by atoms with Crippen molar-refractivity contribution in [3.05, 3.63) is 59.2 Å². The molecule has 0 aliphatic heterocycles.